The highest BCUT2D eigenvalue weighted by molar-refractivity contribution is 6.10. The van der Waals surface area contributed by atoms with E-state index in [-0.39, 0.29) is 0 Å². The zero-order chi connectivity index (χ0) is 31.9. The van der Waals surface area contributed by atoms with Gasteiger partial charge in [0.25, 0.3) is 0 Å². The van der Waals surface area contributed by atoms with E-state index in [4.69, 9.17) is 19.9 Å². The Balaban J connectivity index is 1.15. The van der Waals surface area contributed by atoms with Crippen molar-refractivity contribution in [1.82, 2.24) is 19.9 Å². The molecule has 9 rings (SSSR count). The fourth-order valence-electron chi connectivity index (χ4n) is 6.91. The summed E-state index contributed by atoms with van der Waals surface area (Å²) in [6, 6.07) is 50.3. The maximum absolute atomic E-state index is 5.16. The molecular formula is C44H30N4. The van der Waals surface area contributed by atoms with Crippen molar-refractivity contribution >= 4 is 43.6 Å². The number of hydrogen-bond donors (Lipinski definition) is 0. The lowest BCUT2D eigenvalue weighted by atomic mass is 9.87. The molecule has 0 radical (unpaired) electrons. The smallest absolute Gasteiger partial charge is 0.164 e. The fraction of sp³-hybridized carbons (Fsp3) is 0.0455. The van der Waals surface area contributed by atoms with Gasteiger partial charge in [0, 0.05) is 27.5 Å². The van der Waals surface area contributed by atoms with Gasteiger partial charge in [0.05, 0.1) is 11.2 Å². The quantitative estimate of drug-likeness (QED) is 0.181. The highest BCUT2D eigenvalue weighted by Crippen LogP contribution is 2.39. The maximum Gasteiger partial charge on any atom is 0.164 e. The van der Waals surface area contributed by atoms with E-state index in [1.807, 2.05) is 60.7 Å². The topological polar surface area (TPSA) is 51.6 Å². The van der Waals surface area contributed by atoms with Crippen LogP contribution >= 0.6 is 0 Å². The van der Waals surface area contributed by atoms with Crippen molar-refractivity contribution in [3.05, 3.63) is 169 Å². The summed E-state index contributed by atoms with van der Waals surface area (Å²) in [5.41, 5.74) is 8.86. The van der Waals surface area contributed by atoms with E-state index in [0.717, 1.165) is 46.1 Å². The molecule has 0 atom stereocenters. The minimum absolute atomic E-state index is 0.662. The third kappa shape index (κ3) is 4.95. The van der Waals surface area contributed by atoms with Crippen LogP contribution in [-0.2, 0) is 0 Å². The largest absolute Gasteiger partial charge is 0.247 e. The minimum Gasteiger partial charge on any atom is -0.247 e. The van der Waals surface area contributed by atoms with Crippen LogP contribution in [0, 0.1) is 0 Å². The normalized spacial score (nSPS) is 13.1. The fourth-order valence-corrected chi connectivity index (χ4v) is 6.91. The predicted octanol–water partition coefficient (Wildman–Crippen LogP) is 11.0. The first-order valence-electron chi connectivity index (χ1n) is 16.4. The molecule has 0 aliphatic heterocycles. The molecule has 48 heavy (non-hydrogen) atoms. The second-order valence-electron chi connectivity index (χ2n) is 12.2. The number of pyridine rings is 1. The summed E-state index contributed by atoms with van der Waals surface area (Å²) < 4.78 is 0. The molecule has 8 aromatic rings. The van der Waals surface area contributed by atoms with Crippen LogP contribution in [-0.4, -0.2) is 19.9 Å². The second-order valence-corrected chi connectivity index (χ2v) is 12.2. The minimum atomic E-state index is 0.662. The zero-order valence-corrected chi connectivity index (χ0v) is 26.2. The molecule has 1 aliphatic rings. The van der Waals surface area contributed by atoms with Crippen molar-refractivity contribution in [2.45, 2.75) is 12.8 Å². The average molecular weight is 615 g/mol. The van der Waals surface area contributed by atoms with Crippen molar-refractivity contribution in [3.63, 3.8) is 0 Å². The van der Waals surface area contributed by atoms with E-state index in [1.54, 1.807) is 0 Å². The van der Waals surface area contributed by atoms with E-state index in [0.29, 0.717) is 17.5 Å². The van der Waals surface area contributed by atoms with E-state index >= 15 is 0 Å². The molecule has 226 valence electrons. The number of nitrogens with zero attached hydrogens (tertiary/aromatic N) is 4. The molecule has 0 fully saturated rings. The van der Waals surface area contributed by atoms with Crippen molar-refractivity contribution in [2.75, 3.05) is 0 Å². The lowest BCUT2D eigenvalue weighted by molar-refractivity contribution is 1.06. The van der Waals surface area contributed by atoms with Gasteiger partial charge < -0.3 is 0 Å². The number of allylic oxidation sites excluding steroid dienone is 4. The monoisotopic (exact) mass is 614 g/mol. The van der Waals surface area contributed by atoms with Crippen LogP contribution in [0.1, 0.15) is 24.1 Å². The highest BCUT2D eigenvalue weighted by Gasteiger charge is 2.19. The molecule has 0 bridgehead atoms. The van der Waals surface area contributed by atoms with Crippen LogP contribution in [0.5, 0.6) is 0 Å². The molecule has 0 N–H and O–H groups in total. The number of hydrogen-bond acceptors (Lipinski definition) is 4. The summed E-state index contributed by atoms with van der Waals surface area (Å²) >= 11 is 0. The van der Waals surface area contributed by atoms with Gasteiger partial charge in [0.1, 0.15) is 0 Å². The molecule has 6 aromatic carbocycles. The van der Waals surface area contributed by atoms with Gasteiger partial charge in [0.15, 0.2) is 17.5 Å². The van der Waals surface area contributed by atoms with E-state index in [2.05, 4.69) is 97.1 Å². The molecule has 0 saturated carbocycles. The molecule has 0 saturated heterocycles. The van der Waals surface area contributed by atoms with Gasteiger partial charge >= 0.3 is 0 Å². The first-order valence-corrected chi connectivity index (χ1v) is 16.4. The summed E-state index contributed by atoms with van der Waals surface area (Å²) in [6.45, 7) is 0. The highest BCUT2D eigenvalue weighted by atomic mass is 15.0. The third-order valence-electron chi connectivity index (χ3n) is 9.27. The summed E-state index contributed by atoms with van der Waals surface area (Å²) in [5.74, 6) is 1.99. The van der Waals surface area contributed by atoms with Crippen LogP contribution in [0.3, 0.4) is 0 Å². The Morgan fingerprint density at radius 1 is 0.333 bits per heavy atom. The molecule has 0 amide bonds. The van der Waals surface area contributed by atoms with Gasteiger partial charge in [-0.2, -0.15) is 0 Å². The number of benzene rings is 6. The Morgan fingerprint density at radius 3 is 1.46 bits per heavy atom. The Kier molecular flexibility index (Phi) is 6.90. The molecule has 2 aromatic heterocycles. The molecular weight excluding hydrogens is 585 g/mol. The van der Waals surface area contributed by atoms with Gasteiger partial charge in [-0.05, 0) is 57.8 Å². The second kappa shape index (κ2) is 11.8. The average Bonchev–Trinajstić information content (AvgIpc) is 3.18. The number of fused-ring (bicyclic) bond motifs is 4. The van der Waals surface area contributed by atoms with Gasteiger partial charge in [-0.25, -0.2) is 19.9 Å². The molecule has 0 spiro atoms. The summed E-state index contributed by atoms with van der Waals surface area (Å²) in [6.07, 6.45) is 6.41. The van der Waals surface area contributed by atoms with Crippen LogP contribution < -0.4 is 0 Å². The Hall–Kier alpha value is -6.26. The Morgan fingerprint density at radius 2 is 0.812 bits per heavy atom. The Labute approximate surface area is 278 Å². The lowest BCUT2D eigenvalue weighted by Crippen LogP contribution is -2.01. The predicted molar refractivity (Wildman–Crippen MR) is 198 cm³/mol. The zero-order valence-electron chi connectivity index (χ0n) is 26.2. The van der Waals surface area contributed by atoms with Crippen molar-refractivity contribution < 1.29 is 0 Å². The summed E-state index contributed by atoms with van der Waals surface area (Å²) in [5, 5.41) is 5.96. The van der Waals surface area contributed by atoms with Gasteiger partial charge in [0.2, 0.25) is 0 Å². The molecule has 4 heteroatoms. The summed E-state index contributed by atoms with van der Waals surface area (Å²) in [7, 11) is 0. The van der Waals surface area contributed by atoms with E-state index in [1.165, 1.54) is 38.3 Å². The van der Waals surface area contributed by atoms with Crippen LogP contribution in [0.25, 0.3) is 77.8 Å². The number of rotatable bonds is 5. The number of para-hydroxylation sites is 1. The van der Waals surface area contributed by atoms with Crippen LogP contribution in [0.15, 0.2) is 158 Å². The first kappa shape index (κ1) is 28.0. The Bertz CT molecular complexity index is 2490. The molecule has 4 nitrogen and oxygen atoms in total. The van der Waals surface area contributed by atoms with Crippen molar-refractivity contribution in [2.24, 2.45) is 0 Å². The lowest BCUT2D eigenvalue weighted by Gasteiger charge is -2.19. The van der Waals surface area contributed by atoms with Gasteiger partial charge in [-0.15, -0.1) is 0 Å². The van der Waals surface area contributed by atoms with Crippen molar-refractivity contribution in [1.29, 1.82) is 0 Å². The van der Waals surface area contributed by atoms with Crippen LogP contribution in [0.4, 0.5) is 0 Å². The van der Waals surface area contributed by atoms with Crippen molar-refractivity contribution in [3.8, 4) is 34.2 Å². The number of aromatic nitrogens is 4. The third-order valence-corrected chi connectivity index (χ3v) is 9.27. The standard InChI is InChI=1S/C44H30N4/c1-3-13-31(14-4-1)42-46-43(32-15-5-2-6-16-32)48-44(47-42)39-28-27-33(34-17-7-8-18-35(34)39)29-23-25-30(26-24-29)41-38-21-10-9-19-36(38)37-20-11-12-22-40(37)45-41/h1-23,25,27-28H,24,26H2. The maximum atomic E-state index is 5.16. The van der Waals surface area contributed by atoms with Crippen LogP contribution in [0.2, 0.25) is 0 Å². The SMILES string of the molecule is C1=C(c2ccc(-c3nc(-c4ccccc4)nc(-c4ccccc4)n3)c3ccccc23)CCC(c2nc3ccccc3c3ccccc23)=C1. The van der Waals surface area contributed by atoms with E-state index in [9.17, 15) is 0 Å². The molecule has 1 aliphatic carbocycles. The first-order chi connectivity index (χ1) is 23.8. The van der Waals surface area contributed by atoms with Gasteiger partial charge in [-0.3, -0.25) is 0 Å². The molecule has 2 heterocycles. The van der Waals surface area contributed by atoms with Gasteiger partial charge in [-0.1, -0.05) is 146 Å². The van der Waals surface area contributed by atoms with E-state index < -0.39 is 0 Å². The molecule has 0 unspecified atom stereocenters. The summed E-state index contributed by atoms with van der Waals surface area (Å²) in [4.78, 5) is 20.1.